The number of phenolic OH excluding ortho intramolecular Hbond substituents is 1. The molecule has 0 radical (unpaired) electrons. The number of benzene rings is 1. The molecule has 0 saturated heterocycles. The second-order valence-electron chi connectivity index (χ2n) is 5.56. The Labute approximate surface area is 139 Å². The van der Waals surface area contributed by atoms with Gasteiger partial charge >= 0.3 is 0 Å². The number of aryl methyl sites for hydroxylation is 1. The third kappa shape index (κ3) is 2.74. The summed E-state index contributed by atoms with van der Waals surface area (Å²) >= 11 is 0. The first-order valence-electron chi connectivity index (χ1n) is 7.62. The second-order valence-corrected chi connectivity index (χ2v) is 5.56. The van der Waals surface area contributed by atoms with Gasteiger partial charge in [0, 0.05) is 12.4 Å². The number of nitrogens with zero attached hydrogens (tertiary/aromatic N) is 3. The zero-order valence-electron chi connectivity index (χ0n) is 13.6. The lowest BCUT2D eigenvalue weighted by atomic mass is 9.98. The Bertz CT molecular complexity index is 943. The Kier molecular flexibility index (Phi) is 4.04. The molecule has 24 heavy (non-hydrogen) atoms. The molecule has 2 aromatic heterocycles. The molecule has 0 aliphatic heterocycles. The molecule has 6 heteroatoms. The van der Waals surface area contributed by atoms with Crippen LogP contribution in [0, 0.1) is 0 Å². The van der Waals surface area contributed by atoms with Gasteiger partial charge < -0.3 is 10.4 Å². The number of fused-ring (bicyclic) bond motifs is 1. The van der Waals surface area contributed by atoms with Gasteiger partial charge in [-0.1, -0.05) is 19.1 Å². The fourth-order valence-corrected chi connectivity index (χ4v) is 2.60. The normalized spacial score (nSPS) is 10.8. The highest BCUT2D eigenvalue weighted by Crippen LogP contribution is 2.31. The molecule has 0 unspecified atom stereocenters. The zero-order valence-corrected chi connectivity index (χ0v) is 13.6. The highest BCUT2D eigenvalue weighted by Gasteiger charge is 2.16. The van der Waals surface area contributed by atoms with E-state index >= 15 is 0 Å². The number of carbonyl (C=O) groups is 1. The van der Waals surface area contributed by atoms with Gasteiger partial charge in [-0.2, -0.15) is 5.10 Å². The van der Waals surface area contributed by atoms with Crippen LogP contribution in [0.4, 0.5) is 5.69 Å². The standard InChI is InChI=1S/C18H18N4O2/c1-4-12-8-15(16(23)9-13(12)11(2)3)21-18(24)14-10-20-22-7-5-6-19-17(14)22/h5-10,23H,2,4H2,1,3H3,(H,21,24). The third-order valence-corrected chi connectivity index (χ3v) is 3.83. The Morgan fingerprint density at radius 3 is 2.88 bits per heavy atom. The molecule has 2 N–H and O–H groups in total. The van der Waals surface area contributed by atoms with Crippen molar-refractivity contribution in [3.05, 3.63) is 60.1 Å². The van der Waals surface area contributed by atoms with Gasteiger partial charge in [0.05, 0.1) is 11.9 Å². The number of amides is 1. The van der Waals surface area contributed by atoms with E-state index in [1.165, 1.54) is 10.7 Å². The molecule has 3 rings (SSSR count). The number of rotatable bonds is 4. The van der Waals surface area contributed by atoms with Gasteiger partial charge in [0.25, 0.3) is 5.91 Å². The predicted molar refractivity (Wildman–Crippen MR) is 93.1 cm³/mol. The molecule has 0 fully saturated rings. The first kappa shape index (κ1) is 15.7. The quantitative estimate of drug-likeness (QED) is 0.722. The lowest BCUT2D eigenvalue weighted by molar-refractivity contribution is 0.102. The topological polar surface area (TPSA) is 79.5 Å². The smallest absolute Gasteiger partial charge is 0.261 e. The minimum atomic E-state index is -0.371. The summed E-state index contributed by atoms with van der Waals surface area (Å²) in [6, 6.07) is 5.14. The Morgan fingerprint density at radius 2 is 2.17 bits per heavy atom. The van der Waals surface area contributed by atoms with Gasteiger partial charge in [-0.15, -0.1) is 0 Å². The third-order valence-electron chi connectivity index (χ3n) is 3.83. The summed E-state index contributed by atoms with van der Waals surface area (Å²) in [7, 11) is 0. The molecule has 3 aromatic rings. The van der Waals surface area contributed by atoms with Crippen molar-refractivity contribution in [3.8, 4) is 5.75 Å². The van der Waals surface area contributed by atoms with E-state index < -0.39 is 0 Å². The number of aromatic hydroxyl groups is 1. The predicted octanol–water partition coefficient (Wildman–Crippen LogP) is 3.28. The molecule has 0 saturated carbocycles. The minimum Gasteiger partial charge on any atom is -0.506 e. The van der Waals surface area contributed by atoms with Gasteiger partial charge in [0.2, 0.25) is 0 Å². The number of hydrogen-bond acceptors (Lipinski definition) is 4. The van der Waals surface area contributed by atoms with Crippen LogP contribution in [0.3, 0.4) is 0 Å². The highest BCUT2D eigenvalue weighted by atomic mass is 16.3. The van der Waals surface area contributed by atoms with Crippen LogP contribution < -0.4 is 5.32 Å². The molecule has 0 atom stereocenters. The van der Waals surface area contributed by atoms with Gasteiger partial charge in [-0.25, -0.2) is 9.50 Å². The van der Waals surface area contributed by atoms with Crippen LogP contribution in [0.5, 0.6) is 5.75 Å². The summed E-state index contributed by atoms with van der Waals surface area (Å²) < 4.78 is 1.52. The molecular formula is C18H18N4O2. The summed E-state index contributed by atoms with van der Waals surface area (Å²) in [6.45, 7) is 7.82. The van der Waals surface area contributed by atoms with Crippen molar-refractivity contribution in [2.24, 2.45) is 0 Å². The van der Waals surface area contributed by atoms with E-state index in [1.807, 2.05) is 13.8 Å². The summed E-state index contributed by atoms with van der Waals surface area (Å²) in [5.74, 6) is -0.368. The number of hydrogen-bond donors (Lipinski definition) is 2. The number of carbonyl (C=O) groups excluding carboxylic acids is 1. The van der Waals surface area contributed by atoms with E-state index in [0.717, 1.165) is 23.1 Å². The lowest BCUT2D eigenvalue weighted by Gasteiger charge is -2.13. The first-order chi connectivity index (χ1) is 11.5. The highest BCUT2D eigenvalue weighted by molar-refractivity contribution is 6.08. The molecule has 0 aliphatic carbocycles. The molecule has 0 bridgehead atoms. The fourth-order valence-electron chi connectivity index (χ4n) is 2.60. The van der Waals surface area contributed by atoms with Crippen LogP contribution in [0.1, 0.15) is 35.3 Å². The maximum absolute atomic E-state index is 12.5. The zero-order chi connectivity index (χ0) is 17.3. The average molecular weight is 322 g/mol. The second kappa shape index (κ2) is 6.16. The molecule has 6 nitrogen and oxygen atoms in total. The van der Waals surface area contributed by atoms with E-state index in [-0.39, 0.29) is 11.7 Å². The largest absolute Gasteiger partial charge is 0.506 e. The van der Waals surface area contributed by atoms with E-state index in [4.69, 9.17) is 0 Å². The van der Waals surface area contributed by atoms with Crippen molar-refractivity contribution in [1.82, 2.24) is 14.6 Å². The maximum Gasteiger partial charge on any atom is 0.261 e. The van der Waals surface area contributed by atoms with Gasteiger partial charge in [0.1, 0.15) is 11.3 Å². The number of anilines is 1. The molecule has 122 valence electrons. The van der Waals surface area contributed by atoms with E-state index in [1.54, 1.807) is 30.6 Å². The van der Waals surface area contributed by atoms with Gasteiger partial charge in [-0.05, 0) is 42.7 Å². The SMILES string of the molecule is C=C(C)c1cc(O)c(NC(=O)c2cnn3cccnc23)cc1CC. The van der Waals surface area contributed by atoms with Crippen molar-refractivity contribution in [2.45, 2.75) is 20.3 Å². The Hall–Kier alpha value is -3.15. The number of phenols is 1. The fraction of sp³-hybridized carbons (Fsp3) is 0.167. The average Bonchev–Trinajstić information content (AvgIpc) is 3.00. The molecular weight excluding hydrogens is 304 g/mol. The molecule has 1 aromatic carbocycles. The summed E-state index contributed by atoms with van der Waals surface area (Å²) in [5, 5.41) is 17.1. The minimum absolute atomic E-state index is 0.00276. The maximum atomic E-state index is 12.5. The molecule has 2 heterocycles. The first-order valence-corrected chi connectivity index (χ1v) is 7.62. The Morgan fingerprint density at radius 1 is 1.38 bits per heavy atom. The van der Waals surface area contributed by atoms with Crippen molar-refractivity contribution in [1.29, 1.82) is 0 Å². The van der Waals surface area contributed by atoms with Gasteiger partial charge in [-0.3, -0.25) is 4.79 Å². The summed E-state index contributed by atoms with van der Waals surface area (Å²) in [5.41, 5.74) is 3.93. The van der Waals surface area contributed by atoms with Crippen molar-refractivity contribution >= 4 is 22.8 Å². The lowest BCUT2D eigenvalue weighted by Crippen LogP contribution is -2.12. The van der Waals surface area contributed by atoms with Crippen LogP contribution in [-0.4, -0.2) is 25.6 Å². The monoisotopic (exact) mass is 322 g/mol. The van der Waals surface area contributed by atoms with Gasteiger partial charge in [0.15, 0.2) is 5.65 Å². The van der Waals surface area contributed by atoms with Crippen molar-refractivity contribution < 1.29 is 9.90 Å². The summed E-state index contributed by atoms with van der Waals surface area (Å²) in [6.07, 6.45) is 5.54. The van der Waals surface area contributed by atoms with Crippen molar-refractivity contribution in [2.75, 3.05) is 5.32 Å². The van der Waals surface area contributed by atoms with Crippen LogP contribution in [0.2, 0.25) is 0 Å². The summed E-state index contributed by atoms with van der Waals surface area (Å²) in [4.78, 5) is 16.7. The van der Waals surface area contributed by atoms with Crippen LogP contribution >= 0.6 is 0 Å². The van der Waals surface area contributed by atoms with E-state index in [2.05, 4.69) is 22.0 Å². The molecule has 0 spiro atoms. The van der Waals surface area contributed by atoms with Crippen LogP contribution in [0.15, 0.2) is 43.4 Å². The number of allylic oxidation sites excluding steroid dienone is 1. The van der Waals surface area contributed by atoms with Crippen LogP contribution in [0.25, 0.3) is 11.2 Å². The Balaban J connectivity index is 1.96. The van der Waals surface area contributed by atoms with E-state index in [9.17, 15) is 9.90 Å². The number of nitrogens with one attached hydrogen (secondary N) is 1. The number of aromatic nitrogens is 3. The van der Waals surface area contributed by atoms with E-state index in [0.29, 0.717) is 16.9 Å². The van der Waals surface area contributed by atoms with Crippen molar-refractivity contribution in [3.63, 3.8) is 0 Å². The molecule has 1 amide bonds. The molecule has 0 aliphatic rings. The van der Waals surface area contributed by atoms with Crippen LogP contribution in [-0.2, 0) is 6.42 Å².